The predicted molar refractivity (Wildman–Crippen MR) is 97.3 cm³/mol. The highest BCUT2D eigenvalue weighted by Gasteiger charge is 2.10. The van der Waals surface area contributed by atoms with Crippen LogP contribution in [-0.2, 0) is 13.5 Å². The van der Waals surface area contributed by atoms with Crippen LogP contribution in [0.2, 0.25) is 0 Å². The number of hydrogen-bond donors (Lipinski definition) is 0. The highest BCUT2D eigenvalue weighted by atomic mass is 16.5. The van der Waals surface area contributed by atoms with Crippen molar-refractivity contribution in [2.75, 3.05) is 0 Å². The second-order valence-electron chi connectivity index (χ2n) is 6.56. The topological polar surface area (TPSA) is 47.7 Å². The summed E-state index contributed by atoms with van der Waals surface area (Å²) in [6, 6.07) is 8.21. The lowest BCUT2D eigenvalue weighted by Gasteiger charge is -1.98. The van der Waals surface area contributed by atoms with Crippen molar-refractivity contribution in [1.82, 2.24) is 14.7 Å². The summed E-state index contributed by atoms with van der Waals surface area (Å²) < 4.78 is 9.48. The summed E-state index contributed by atoms with van der Waals surface area (Å²) in [5.41, 5.74) is 2.10. The molecule has 0 amide bonds. The van der Waals surface area contributed by atoms with Crippen LogP contribution in [0.4, 0.5) is 0 Å². The fourth-order valence-corrected chi connectivity index (χ4v) is 2.92. The van der Waals surface area contributed by atoms with Gasteiger partial charge in [0.1, 0.15) is 18.1 Å². The van der Waals surface area contributed by atoms with E-state index in [4.69, 9.17) is 4.52 Å². The Labute approximate surface area is 149 Å². The summed E-state index contributed by atoms with van der Waals surface area (Å²) in [7, 11) is 2.01. The maximum absolute atomic E-state index is 5.40. The maximum atomic E-state index is 5.40. The molecule has 0 aliphatic carbocycles. The van der Waals surface area contributed by atoms with Crippen molar-refractivity contribution >= 4 is 0 Å². The van der Waals surface area contributed by atoms with E-state index in [9.17, 15) is 0 Å². The molecule has 0 radical (unpaired) electrons. The van der Waals surface area contributed by atoms with Crippen LogP contribution in [0.15, 0.2) is 47.5 Å². The quantitative estimate of drug-likeness (QED) is 0.432. The van der Waals surface area contributed by atoms with E-state index in [1.54, 1.807) is 0 Å². The van der Waals surface area contributed by atoms with Gasteiger partial charge in [0.25, 0.3) is 0 Å². The summed E-state index contributed by atoms with van der Waals surface area (Å²) >= 11 is 0. The Balaban J connectivity index is 1.55. The van der Waals surface area contributed by atoms with Crippen molar-refractivity contribution in [1.29, 1.82) is 0 Å². The molecule has 2 heterocycles. The average molecular weight is 339 g/mol. The molecule has 5 heteroatoms. The van der Waals surface area contributed by atoms with Gasteiger partial charge < -0.3 is 4.52 Å². The van der Waals surface area contributed by atoms with Gasteiger partial charge in [0.05, 0.1) is 7.05 Å². The van der Waals surface area contributed by atoms with E-state index in [0.29, 0.717) is 5.82 Å². The largest absolute Gasteiger partial charge is 0.339 e. The standard InChI is InChI=1S/C20H27N4O/c1-3-4-5-6-7-8-9-19-21-20(22-25-19)17-10-12-18(13-11-17)24-15-14-23(2)16-24/h10-16H,3-9H2,1-2H3/q+1. The second kappa shape index (κ2) is 8.60. The lowest BCUT2D eigenvalue weighted by atomic mass is 10.1. The van der Waals surface area contributed by atoms with Crippen LogP contribution >= 0.6 is 0 Å². The normalized spacial score (nSPS) is 11.1. The molecule has 0 atom stereocenters. The van der Waals surface area contributed by atoms with Crippen molar-refractivity contribution in [3.8, 4) is 17.1 Å². The zero-order valence-corrected chi connectivity index (χ0v) is 15.2. The van der Waals surface area contributed by atoms with Crippen molar-refractivity contribution in [2.45, 2.75) is 51.9 Å². The molecule has 0 unspecified atom stereocenters. The Bertz CT molecular complexity index is 773. The molecule has 0 aliphatic heterocycles. The SMILES string of the molecule is CCCCCCCCc1nc(-c2ccc(-n3cc[n+](C)c3)cc2)no1. The van der Waals surface area contributed by atoms with Crippen LogP contribution in [0.1, 0.15) is 51.3 Å². The number of unbranched alkanes of at least 4 members (excludes halogenated alkanes) is 5. The lowest BCUT2D eigenvalue weighted by Crippen LogP contribution is -2.23. The Morgan fingerprint density at radius 3 is 2.52 bits per heavy atom. The van der Waals surface area contributed by atoms with Crippen LogP contribution in [0.25, 0.3) is 17.1 Å². The average Bonchev–Trinajstić information content (AvgIpc) is 3.27. The zero-order valence-electron chi connectivity index (χ0n) is 15.2. The first-order valence-electron chi connectivity index (χ1n) is 9.23. The van der Waals surface area contributed by atoms with E-state index >= 15 is 0 Å². The van der Waals surface area contributed by atoms with Gasteiger partial charge >= 0.3 is 0 Å². The van der Waals surface area contributed by atoms with Gasteiger partial charge in [-0.2, -0.15) is 4.98 Å². The van der Waals surface area contributed by atoms with E-state index in [1.807, 2.05) is 42.5 Å². The van der Waals surface area contributed by atoms with Gasteiger partial charge in [-0.15, -0.1) is 0 Å². The van der Waals surface area contributed by atoms with Gasteiger partial charge in [0.15, 0.2) is 0 Å². The molecule has 1 aromatic carbocycles. The van der Waals surface area contributed by atoms with E-state index in [1.165, 1.54) is 32.1 Å². The Kier molecular flexibility index (Phi) is 5.99. The summed E-state index contributed by atoms with van der Waals surface area (Å²) in [6.07, 6.45) is 14.6. The molecule has 25 heavy (non-hydrogen) atoms. The van der Waals surface area contributed by atoms with Crippen molar-refractivity contribution in [3.63, 3.8) is 0 Å². The molecule has 3 rings (SSSR count). The third-order valence-electron chi connectivity index (χ3n) is 4.40. The number of aryl methyl sites for hydroxylation is 2. The molecule has 0 fully saturated rings. The molecular formula is C20H27N4O+. The van der Waals surface area contributed by atoms with Crippen LogP contribution in [0.5, 0.6) is 0 Å². The lowest BCUT2D eigenvalue weighted by molar-refractivity contribution is -0.670. The summed E-state index contributed by atoms with van der Waals surface area (Å²) in [6.45, 7) is 2.24. The van der Waals surface area contributed by atoms with Crippen molar-refractivity contribution < 1.29 is 9.09 Å². The smallest absolute Gasteiger partial charge is 0.248 e. The number of benzene rings is 1. The molecule has 132 valence electrons. The Hall–Kier alpha value is -2.43. The maximum Gasteiger partial charge on any atom is 0.248 e. The first kappa shape index (κ1) is 17.4. The van der Waals surface area contributed by atoms with E-state index in [0.717, 1.165) is 30.0 Å². The van der Waals surface area contributed by atoms with Crippen LogP contribution in [0, 0.1) is 0 Å². The monoisotopic (exact) mass is 339 g/mol. The summed E-state index contributed by atoms with van der Waals surface area (Å²) in [5.74, 6) is 1.41. The van der Waals surface area contributed by atoms with Crippen molar-refractivity contribution in [2.24, 2.45) is 7.05 Å². The van der Waals surface area contributed by atoms with Crippen LogP contribution in [0.3, 0.4) is 0 Å². The van der Waals surface area contributed by atoms with Gasteiger partial charge in [0, 0.05) is 12.0 Å². The predicted octanol–water partition coefficient (Wildman–Crippen LogP) is 4.25. The highest BCUT2D eigenvalue weighted by Crippen LogP contribution is 2.19. The number of rotatable bonds is 9. The fraction of sp³-hybridized carbons (Fsp3) is 0.450. The first-order valence-corrected chi connectivity index (χ1v) is 9.23. The van der Waals surface area contributed by atoms with Crippen molar-refractivity contribution in [3.05, 3.63) is 48.9 Å². The minimum absolute atomic E-state index is 0.672. The molecule has 5 nitrogen and oxygen atoms in total. The Morgan fingerprint density at radius 2 is 1.80 bits per heavy atom. The molecule has 0 N–H and O–H groups in total. The Morgan fingerprint density at radius 1 is 1.04 bits per heavy atom. The minimum Gasteiger partial charge on any atom is -0.339 e. The van der Waals surface area contributed by atoms with Gasteiger partial charge in [-0.05, 0) is 30.7 Å². The molecule has 0 aliphatic rings. The fourth-order valence-electron chi connectivity index (χ4n) is 2.92. The number of imidazole rings is 1. The highest BCUT2D eigenvalue weighted by molar-refractivity contribution is 5.56. The molecule has 3 aromatic rings. The van der Waals surface area contributed by atoms with Gasteiger partial charge in [-0.25, -0.2) is 9.13 Å². The molecular weight excluding hydrogens is 312 g/mol. The van der Waals surface area contributed by atoms with Gasteiger partial charge in [-0.3, -0.25) is 0 Å². The minimum atomic E-state index is 0.672. The van der Waals surface area contributed by atoms with E-state index in [2.05, 4.69) is 33.8 Å². The number of hydrogen-bond acceptors (Lipinski definition) is 3. The molecule has 0 spiro atoms. The molecule has 2 aromatic heterocycles. The molecule has 0 saturated heterocycles. The summed E-state index contributed by atoms with van der Waals surface area (Å²) in [4.78, 5) is 4.53. The number of aromatic nitrogens is 4. The summed E-state index contributed by atoms with van der Waals surface area (Å²) in [5, 5.41) is 4.12. The first-order chi connectivity index (χ1) is 12.3. The third kappa shape index (κ3) is 4.78. The van der Waals surface area contributed by atoms with E-state index in [-0.39, 0.29) is 0 Å². The molecule has 0 bridgehead atoms. The number of nitrogens with zero attached hydrogens (tertiary/aromatic N) is 4. The second-order valence-corrected chi connectivity index (χ2v) is 6.56. The third-order valence-corrected chi connectivity index (χ3v) is 4.40. The van der Waals surface area contributed by atoms with Gasteiger partial charge in [-0.1, -0.05) is 44.2 Å². The van der Waals surface area contributed by atoms with Crippen LogP contribution in [-0.4, -0.2) is 14.7 Å². The van der Waals surface area contributed by atoms with Gasteiger partial charge in [0.2, 0.25) is 18.0 Å². The van der Waals surface area contributed by atoms with Crippen LogP contribution < -0.4 is 4.57 Å². The van der Waals surface area contributed by atoms with E-state index < -0.39 is 0 Å². The zero-order chi connectivity index (χ0) is 17.5. The molecule has 0 saturated carbocycles.